The largest absolute Gasteiger partial charge is 0.369 e. The summed E-state index contributed by atoms with van der Waals surface area (Å²) in [5, 5.41) is 18.0. The Morgan fingerprint density at radius 3 is 2.64 bits per heavy atom. The van der Waals surface area contributed by atoms with Gasteiger partial charge in [-0.05, 0) is 55.3 Å². The van der Waals surface area contributed by atoms with Crippen molar-refractivity contribution in [1.29, 1.82) is 0 Å². The summed E-state index contributed by atoms with van der Waals surface area (Å²) >= 11 is 0. The molecule has 2 aliphatic rings. The van der Waals surface area contributed by atoms with Gasteiger partial charge in [-0.25, -0.2) is 18.3 Å². The molecule has 2 N–H and O–H groups in total. The topological polar surface area (TPSA) is 86.0 Å². The van der Waals surface area contributed by atoms with Gasteiger partial charge >= 0.3 is 0 Å². The van der Waals surface area contributed by atoms with Crippen molar-refractivity contribution in [2.24, 2.45) is 0 Å². The first-order chi connectivity index (χ1) is 17.3. The predicted molar refractivity (Wildman–Crippen MR) is 135 cm³/mol. The van der Waals surface area contributed by atoms with E-state index in [9.17, 15) is 18.7 Å². The standard InChI is InChI=1S/C24H24F2N6O2.C2H6.H2/c1-14-12-27-21-5-6-22(29-32(14)21)31-13-18(11-20(31)15-8-16(25)10-17(26)9-15)28-23(33)19-4-3-7-30(2)24(19)34;1-2;/h3-10,12,18,20,24,34H,11,13H2,1-2H3,(H,28,33);1-2H3;1H/t18?,20-,24?;;/m1../s1. The van der Waals surface area contributed by atoms with Crippen LogP contribution in [0.5, 0.6) is 0 Å². The summed E-state index contributed by atoms with van der Waals surface area (Å²) in [7, 11) is 1.67. The van der Waals surface area contributed by atoms with Gasteiger partial charge in [-0.2, -0.15) is 0 Å². The zero-order valence-electron chi connectivity index (χ0n) is 20.7. The molecule has 0 radical (unpaired) electrons. The van der Waals surface area contributed by atoms with Crippen LogP contribution in [-0.2, 0) is 4.79 Å². The Morgan fingerprint density at radius 2 is 1.92 bits per heavy atom. The summed E-state index contributed by atoms with van der Waals surface area (Å²) in [4.78, 5) is 20.7. The Balaban J connectivity index is 0.00000124. The molecule has 0 saturated carbocycles. The number of aryl methyl sites for hydroxylation is 1. The molecule has 4 heterocycles. The van der Waals surface area contributed by atoms with Crippen LogP contribution in [0, 0.1) is 18.6 Å². The molecule has 3 atom stereocenters. The molecule has 5 rings (SSSR count). The zero-order valence-corrected chi connectivity index (χ0v) is 20.7. The van der Waals surface area contributed by atoms with Gasteiger partial charge in [-0.15, -0.1) is 5.10 Å². The highest BCUT2D eigenvalue weighted by Crippen LogP contribution is 2.36. The first kappa shape index (κ1) is 25.3. The number of aliphatic hydroxyl groups is 1. The monoisotopic (exact) mass is 498 g/mol. The highest BCUT2D eigenvalue weighted by molar-refractivity contribution is 5.95. The highest BCUT2D eigenvalue weighted by Gasteiger charge is 2.36. The number of aromatic nitrogens is 3. The van der Waals surface area contributed by atoms with E-state index in [0.717, 1.165) is 11.8 Å². The van der Waals surface area contributed by atoms with Crippen LogP contribution in [0.4, 0.5) is 14.6 Å². The lowest BCUT2D eigenvalue weighted by atomic mass is 10.0. The van der Waals surface area contributed by atoms with E-state index in [4.69, 9.17) is 0 Å². The molecule has 2 aromatic heterocycles. The Morgan fingerprint density at radius 1 is 1.19 bits per heavy atom. The van der Waals surface area contributed by atoms with E-state index >= 15 is 0 Å². The van der Waals surface area contributed by atoms with Crippen LogP contribution in [0.25, 0.3) is 5.65 Å². The number of likely N-dealkylation sites (N-methyl/N-ethyl adjacent to an activating group) is 1. The quantitative estimate of drug-likeness (QED) is 0.570. The van der Waals surface area contributed by atoms with Crippen molar-refractivity contribution in [3.63, 3.8) is 0 Å². The van der Waals surface area contributed by atoms with Gasteiger partial charge in [0.15, 0.2) is 11.9 Å². The van der Waals surface area contributed by atoms with Crippen LogP contribution < -0.4 is 10.2 Å². The molecule has 1 amide bonds. The first-order valence-corrected chi connectivity index (χ1v) is 11.9. The highest BCUT2D eigenvalue weighted by atomic mass is 19.1. The molecule has 3 aromatic rings. The van der Waals surface area contributed by atoms with Crippen LogP contribution in [0.2, 0.25) is 0 Å². The third-order valence-corrected chi connectivity index (χ3v) is 6.24. The molecule has 2 aliphatic heterocycles. The summed E-state index contributed by atoms with van der Waals surface area (Å²) in [6, 6.07) is 6.32. The number of hydrogen-bond acceptors (Lipinski definition) is 6. The number of anilines is 1. The number of nitrogens with zero attached hydrogens (tertiary/aromatic N) is 5. The summed E-state index contributed by atoms with van der Waals surface area (Å²) in [6.07, 6.45) is 6.01. The molecule has 0 aliphatic carbocycles. The van der Waals surface area contributed by atoms with Gasteiger partial charge in [0.1, 0.15) is 17.5 Å². The minimum absolute atomic E-state index is 0. The molecule has 1 fully saturated rings. The van der Waals surface area contributed by atoms with E-state index in [2.05, 4.69) is 15.4 Å². The van der Waals surface area contributed by atoms with Gasteiger partial charge < -0.3 is 20.2 Å². The molecule has 0 bridgehead atoms. The Kier molecular flexibility index (Phi) is 7.35. The Hall–Kier alpha value is -3.79. The average molecular weight is 499 g/mol. The third kappa shape index (κ3) is 4.94. The molecule has 10 heteroatoms. The van der Waals surface area contributed by atoms with E-state index in [1.807, 2.05) is 37.8 Å². The SMILES string of the molecule is CC.Cc1cnc2ccc(N3CC(NC(=O)C4=CC=CN(C)C4O)C[C@@H]3c3cc(F)cc(F)c3)nn12.[HH]. The Bertz CT molecular complexity index is 1310. The molecule has 1 aromatic carbocycles. The number of benzene rings is 1. The van der Waals surface area contributed by atoms with Gasteiger partial charge in [-0.1, -0.05) is 13.8 Å². The number of rotatable bonds is 4. The lowest BCUT2D eigenvalue weighted by molar-refractivity contribution is -0.120. The number of carbonyl (C=O) groups is 1. The maximum atomic E-state index is 14.1. The average Bonchev–Trinajstić information content (AvgIpc) is 3.45. The molecule has 1 saturated heterocycles. The molecular weight excluding hydrogens is 466 g/mol. The molecule has 36 heavy (non-hydrogen) atoms. The minimum Gasteiger partial charge on any atom is -0.369 e. The van der Waals surface area contributed by atoms with Gasteiger partial charge in [0.25, 0.3) is 5.91 Å². The smallest absolute Gasteiger partial charge is 0.252 e. The van der Waals surface area contributed by atoms with E-state index in [-0.39, 0.29) is 13.0 Å². The third-order valence-electron chi connectivity index (χ3n) is 6.24. The number of amides is 1. The van der Waals surface area contributed by atoms with Gasteiger partial charge in [0.05, 0.1) is 23.5 Å². The first-order valence-electron chi connectivity index (χ1n) is 11.9. The fourth-order valence-corrected chi connectivity index (χ4v) is 4.54. The minimum atomic E-state index is -1.05. The lowest BCUT2D eigenvalue weighted by Gasteiger charge is -2.27. The van der Waals surface area contributed by atoms with E-state index < -0.39 is 29.8 Å². The van der Waals surface area contributed by atoms with E-state index in [0.29, 0.717) is 30.0 Å². The van der Waals surface area contributed by atoms with Gasteiger partial charge in [-0.3, -0.25) is 4.79 Å². The van der Waals surface area contributed by atoms with Crippen molar-refractivity contribution in [2.45, 2.75) is 45.5 Å². The van der Waals surface area contributed by atoms with Gasteiger partial charge in [0.2, 0.25) is 0 Å². The van der Waals surface area contributed by atoms with E-state index in [1.165, 1.54) is 17.0 Å². The maximum Gasteiger partial charge on any atom is 0.252 e. The summed E-state index contributed by atoms with van der Waals surface area (Å²) in [5.41, 5.74) is 2.22. The fourth-order valence-electron chi connectivity index (χ4n) is 4.54. The number of allylic oxidation sites excluding steroid dienone is 2. The Labute approximate surface area is 210 Å². The van der Waals surface area contributed by atoms with Crippen LogP contribution in [0.1, 0.15) is 39.0 Å². The molecule has 0 spiro atoms. The number of imidazole rings is 1. The molecule has 2 unspecified atom stereocenters. The molecular formula is C26H32F2N6O2. The summed E-state index contributed by atoms with van der Waals surface area (Å²) < 4.78 is 29.8. The number of hydrogen-bond donors (Lipinski definition) is 2. The normalized spacial score (nSPS) is 21.3. The number of halogens is 2. The second-order valence-corrected chi connectivity index (χ2v) is 8.64. The molecule has 192 valence electrons. The van der Waals surface area contributed by atoms with Crippen LogP contribution in [0.3, 0.4) is 0 Å². The lowest BCUT2D eigenvalue weighted by Crippen LogP contribution is -2.43. The molecule has 8 nitrogen and oxygen atoms in total. The number of fused-ring (bicyclic) bond motifs is 1. The maximum absolute atomic E-state index is 14.1. The van der Waals surface area contributed by atoms with Crippen LogP contribution in [0.15, 0.2) is 60.5 Å². The second-order valence-electron chi connectivity index (χ2n) is 8.64. The van der Waals surface area contributed by atoms with Crippen LogP contribution in [-0.4, -0.2) is 56.4 Å². The van der Waals surface area contributed by atoms with Gasteiger partial charge in [0, 0.05) is 33.3 Å². The van der Waals surface area contributed by atoms with Crippen molar-refractivity contribution in [3.8, 4) is 0 Å². The predicted octanol–water partition coefficient (Wildman–Crippen LogP) is 3.73. The second kappa shape index (κ2) is 10.4. The van der Waals surface area contributed by atoms with Crippen molar-refractivity contribution in [2.75, 3.05) is 18.5 Å². The fraction of sp³-hybridized carbons (Fsp3) is 0.346. The summed E-state index contributed by atoms with van der Waals surface area (Å²) in [6.45, 7) is 6.26. The number of carbonyl (C=O) groups excluding carboxylic acids is 1. The van der Waals surface area contributed by atoms with Crippen molar-refractivity contribution in [1.82, 2.24) is 24.8 Å². The van der Waals surface area contributed by atoms with Crippen LogP contribution >= 0.6 is 0 Å². The summed E-state index contributed by atoms with van der Waals surface area (Å²) in [5.74, 6) is -1.13. The van der Waals surface area contributed by atoms with E-state index in [1.54, 1.807) is 36.1 Å². The van der Waals surface area contributed by atoms with Crippen molar-refractivity contribution in [3.05, 3.63) is 83.3 Å². The number of aliphatic hydroxyl groups excluding tert-OH is 1. The zero-order chi connectivity index (χ0) is 26.0. The van der Waals surface area contributed by atoms with Crippen molar-refractivity contribution < 1.29 is 20.1 Å². The van der Waals surface area contributed by atoms with Crippen molar-refractivity contribution >= 4 is 17.4 Å². The number of nitrogens with one attached hydrogen (secondary N) is 1.